The fraction of sp³-hybridized carbons (Fsp3) is 0.111. The van der Waals surface area contributed by atoms with Crippen LogP contribution in [0.5, 0.6) is 11.5 Å². The largest absolute Gasteiger partial charge is 0.497 e. The van der Waals surface area contributed by atoms with Gasteiger partial charge < -0.3 is 9.47 Å². The van der Waals surface area contributed by atoms with Crippen LogP contribution in [0.1, 0.15) is 16.1 Å². The van der Waals surface area contributed by atoms with Crippen molar-refractivity contribution in [1.29, 1.82) is 0 Å². The summed E-state index contributed by atoms with van der Waals surface area (Å²) in [6.07, 6.45) is 0. The van der Waals surface area contributed by atoms with E-state index < -0.39 is 5.97 Å². The normalized spacial score (nSPS) is 10.5. The zero-order valence-corrected chi connectivity index (χ0v) is 12.4. The summed E-state index contributed by atoms with van der Waals surface area (Å²) in [6.45, 7) is 1.90. The molecule has 0 saturated heterocycles. The molecule has 0 radical (unpaired) electrons. The Morgan fingerprint density at radius 2 is 1.77 bits per heavy atom. The van der Waals surface area contributed by atoms with Crippen LogP contribution in [0.2, 0.25) is 0 Å². The quantitative estimate of drug-likeness (QED) is 0.545. The summed E-state index contributed by atoms with van der Waals surface area (Å²) in [5, 5.41) is 0.936. The summed E-state index contributed by atoms with van der Waals surface area (Å²) in [5.74, 6) is 0.736. The van der Waals surface area contributed by atoms with E-state index in [1.807, 2.05) is 31.2 Å². The first-order chi connectivity index (χ1) is 10.7. The number of aryl methyl sites for hydroxylation is 1. The molecular formula is C18H15NO3. The van der Waals surface area contributed by atoms with Crippen molar-refractivity contribution in [3.05, 3.63) is 65.9 Å². The Morgan fingerprint density at radius 3 is 2.50 bits per heavy atom. The highest BCUT2D eigenvalue weighted by Crippen LogP contribution is 2.25. The van der Waals surface area contributed by atoms with E-state index in [2.05, 4.69) is 4.98 Å². The number of methoxy groups -OCH3 is 1. The van der Waals surface area contributed by atoms with Gasteiger partial charge in [0.1, 0.15) is 11.3 Å². The molecule has 4 nitrogen and oxygen atoms in total. The number of para-hydroxylation sites is 1. The van der Waals surface area contributed by atoms with Crippen molar-refractivity contribution in [1.82, 2.24) is 4.98 Å². The van der Waals surface area contributed by atoms with E-state index in [-0.39, 0.29) is 0 Å². The fourth-order valence-corrected chi connectivity index (χ4v) is 2.19. The smallest absolute Gasteiger partial charge is 0.343 e. The van der Waals surface area contributed by atoms with Gasteiger partial charge in [0.15, 0.2) is 5.75 Å². The van der Waals surface area contributed by atoms with Gasteiger partial charge >= 0.3 is 5.97 Å². The van der Waals surface area contributed by atoms with Gasteiger partial charge in [-0.2, -0.15) is 0 Å². The van der Waals surface area contributed by atoms with Crippen molar-refractivity contribution >= 4 is 16.9 Å². The van der Waals surface area contributed by atoms with E-state index >= 15 is 0 Å². The highest BCUT2D eigenvalue weighted by atomic mass is 16.5. The predicted octanol–water partition coefficient (Wildman–Crippen LogP) is 3.77. The lowest BCUT2D eigenvalue weighted by Gasteiger charge is -2.08. The van der Waals surface area contributed by atoms with Gasteiger partial charge in [0, 0.05) is 11.1 Å². The van der Waals surface area contributed by atoms with Gasteiger partial charge in [-0.05, 0) is 43.3 Å². The maximum atomic E-state index is 12.3. The summed E-state index contributed by atoms with van der Waals surface area (Å²) in [5.41, 5.74) is 2.02. The van der Waals surface area contributed by atoms with Crippen LogP contribution in [0.4, 0.5) is 0 Å². The lowest BCUT2D eigenvalue weighted by atomic mass is 10.2. The number of ether oxygens (including phenoxy) is 2. The van der Waals surface area contributed by atoms with E-state index in [4.69, 9.17) is 9.47 Å². The van der Waals surface area contributed by atoms with E-state index in [0.717, 1.165) is 11.1 Å². The number of carbonyl (C=O) groups excluding carboxylic acids is 1. The minimum atomic E-state index is -0.418. The first-order valence-electron chi connectivity index (χ1n) is 6.90. The number of hydrogen-bond donors (Lipinski definition) is 0. The van der Waals surface area contributed by atoms with E-state index in [1.54, 1.807) is 37.4 Å². The summed E-state index contributed by atoms with van der Waals surface area (Å²) >= 11 is 0. The Labute approximate surface area is 128 Å². The molecule has 1 heterocycles. The van der Waals surface area contributed by atoms with Crippen LogP contribution in [0, 0.1) is 6.92 Å². The van der Waals surface area contributed by atoms with Crippen molar-refractivity contribution in [2.24, 2.45) is 0 Å². The van der Waals surface area contributed by atoms with Crippen LogP contribution >= 0.6 is 0 Å². The van der Waals surface area contributed by atoms with Gasteiger partial charge in [0.05, 0.1) is 12.7 Å². The minimum Gasteiger partial charge on any atom is -0.497 e. The molecule has 3 rings (SSSR count). The summed E-state index contributed by atoms with van der Waals surface area (Å²) in [4.78, 5) is 16.7. The summed E-state index contributed by atoms with van der Waals surface area (Å²) in [6, 6.07) is 16.2. The van der Waals surface area contributed by atoms with Crippen molar-refractivity contribution in [3.63, 3.8) is 0 Å². The Balaban J connectivity index is 1.91. The number of carbonyl (C=O) groups is 1. The minimum absolute atomic E-state index is 0.418. The third kappa shape index (κ3) is 2.76. The van der Waals surface area contributed by atoms with Crippen molar-refractivity contribution < 1.29 is 14.3 Å². The fourth-order valence-electron chi connectivity index (χ4n) is 2.19. The highest BCUT2D eigenvalue weighted by molar-refractivity contribution is 5.94. The van der Waals surface area contributed by atoms with E-state index in [9.17, 15) is 4.79 Å². The summed E-state index contributed by atoms with van der Waals surface area (Å²) in [7, 11) is 1.58. The van der Waals surface area contributed by atoms with E-state index in [1.165, 1.54) is 0 Å². The molecule has 110 valence electrons. The molecule has 2 aromatic carbocycles. The van der Waals surface area contributed by atoms with Crippen LogP contribution < -0.4 is 9.47 Å². The number of nitrogens with zero attached hydrogens (tertiary/aromatic N) is 1. The molecule has 0 N–H and O–H groups in total. The standard InChI is InChI=1S/C18H15NO3/c1-12-6-7-13-4-3-5-16(17(13)19-12)22-18(20)14-8-10-15(21-2)11-9-14/h3-11H,1-2H3. The van der Waals surface area contributed by atoms with Gasteiger partial charge in [-0.15, -0.1) is 0 Å². The maximum Gasteiger partial charge on any atom is 0.343 e. The SMILES string of the molecule is COc1ccc(C(=O)Oc2cccc3ccc(C)nc23)cc1. The van der Waals surface area contributed by atoms with E-state index in [0.29, 0.717) is 22.6 Å². The molecule has 4 heteroatoms. The van der Waals surface area contributed by atoms with Crippen molar-refractivity contribution in [2.75, 3.05) is 7.11 Å². The van der Waals surface area contributed by atoms with Crippen LogP contribution in [0.15, 0.2) is 54.6 Å². The molecule has 0 spiro atoms. The zero-order chi connectivity index (χ0) is 15.5. The number of hydrogen-bond acceptors (Lipinski definition) is 4. The number of rotatable bonds is 3. The number of esters is 1. The van der Waals surface area contributed by atoms with Crippen molar-refractivity contribution in [2.45, 2.75) is 6.92 Å². The zero-order valence-electron chi connectivity index (χ0n) is 12.4. The molecule has 3 aromatic rings. The van der Waals surface area contributed by atoms with Crippen molar-refractivity contribution in [3.8, 4) is 11.5 Å². The third-order valence-corrected chi connectivity index (χ3v) is 3.35. The number of fused-ring (bicyclic) bond motifs is 1. The molecule has 0 amide bonds. The summed E-state index contributed by atoms with van der Waals surface area (Å²) < 4.78 is 10.6. The average molecular weight is 293 g/mol. The molecular weight excluding hydrogens is 278 g/mol. The second-order valence-corrected chi connectivity index (χ2v) is 4.90. The molecule has 0 bridgehead atoms. The lowest BCUT2D eigenvalue weighted by molar-refractivity contribution is 0.0736. The van der Waals surface area contributed by atoms with Crippen LogP contribution in [0.3, 0.4) is 0 Å². The van der Waals surface area contributed by atoms with Gasteiger partial charge in [0.25, 0.3) is 0 Å². The average Bonchev–Trinajstić information content (AvgIpc) is 2.55. The Morgan fingerprint density at radius 1 is 1.00 bits per heavy atom. The molecule has 0 aliphatic rings. The predicted molar refractivity (Wildman–Crippen MR) is 84.4 cm³/mol. The first kappa shape index (κ1) is 14.1. The Bertz CT molecular complexity index is 825. The second kappa shape index (κ2) is 5.85. The van der Waals surface area contributed by atoms with Gasteiger partial charge in [0.2, 0.25) is 0 Å². The van der Waals surface area contributed by atoms with Gasteiger partial charge in [-0.25, -0.2) is 9.78 Å². The highest BCUT2D eigenvalue weighted by Gasteiger charge is 2.12. The van der Waals surface area contributed by atoms with Crippen LogP contribution in [-0.2, 0) is 0 Å². The number of pyridine rings is 1. The first-order valence-corrected chi connectivity index (χ1v) is 6.90. The molecule has 0 aliphatic carbocycles. The lowest BCUT2D eigenvalue weighted by Crippen LogP contribution is -2.09. The molecule has 0 atom stereocenters. The van der Waals surface area contributed by atoms with Crippen LogP contribution in [-0.4, -0.2) is 18.1 Å². The van der Waals surface area contributed by atoms with Gasteiger partial charge in [-0.3, -0.25) is 0 Å². The Hall–Kier alpha value is -2.88. The molecule has 22 heavy (non-hydrogen) atoms. The monoisotopic (exact) mass is 293 g/mol. The third-order valence-electron chi connectivity index (χ3n) is 3.35. The maximum absolute atomic E-state index is 12.3. The molecule has 0 unspecified atom stereocenters. The van der Waals surface area contributed by atoms with Crippen LogP contribution in [0.25, 0.3) is 10.9 Å². The number of aromatic nitrogens is 1. The molecule has 0 aliphatic heterocycles. The number of benzene rings is 2. The molecule has 0 saturated carbocycles. The second-order valence-electron chi connectivity index (χ2n) is 4.90. The topological polar surface area (TPSA) is 48.4 Å². The Kier molecular flexibility index (Phi) is 3.74. The van der Waals surface area contributed by atoms with Gasteiger partial charge in [-0.1, -0.05) is 18.2 Å². The molecule has 1 aromatic heterocycles. The molecule has 0 fully saturated rings.